The number of nitrogens with one attached hydrogen (secondary N) is 2. The lowest BCUT2D eigenvalue weighted by Crippen LogP contribution is -2.37. The lowest BCUT2D eigenvalue weighted by atomic mass is 10.0. The summed E-state index contributed by atoms with van der Waals surface area (Å²) in [5.41, 5.74) is 1.26. The molecule has 0 unspecified atom stereocenters. The van der Waals surface area contributed by atoms with Gasteiger partial charge in [0.05, 0.1) is 5.69 Å². The fourth-order valence-corrected chi connectivity index (χ4v) is 2.35. The zero-order valence-electron chi connectivity index (χ0n) is 13.7. The Kier molecular flexibility index (Phi) is 5.43. The number of halogens is 2. The van der Waals surface area contributed by atoms with Gasteiger partial charge in [-0.2, -0.15) is 5.10 Å². The maximum absolute atomic E-state index is 13.2. The molecule has 2 N–H and O–H groups in total. The number of amides is 1. The van der Waals surface area contributed by atoms with Crippen LogP contribution < -0.4 is 10.9 Å². The number of H-pyrrole nitrogens is 1. The van der Waals surface area contributed by atoms with Crippen LogP contribution in [0.5, 0.6) is 0 Å². The van der Waals surface area contributed by atoms with Gasteiger partial charge in [0.2, 0.25) is 0 Å². The van der Waals surface area contributed by atoms with Crippen LogP contribution in [-0.4, -0.2) is 22.1 Å². The molecule has 1 heterocycles. The molecule has 2 aromatic rings. The summed E-state index contributed by atoms with van der Waals surface area (Å²) in [5, 5.41) is 8.84. The molecule has 0 aliphatic heterocycles. The minimum absolute atomic E-state index is 0.0437. The maximum Gasteiger partial charge on any atom is 0.277 e. The quantitative estimate of drug-likeness (QED) is 0.881. The maximum atomic E-state index is 13.2. The van der Waals surface area contributed by atoms with Crippen LogP contribution in [0.4, 0.5) is 8.78 Å². The first-order valence-electron chi connectivity index (χ1n) is 7.60. The molecule has 7 heteroatoms. The van der Waals surface area contributed by atoms with Gasteiger partial charge in [-0.25, -0.2) is 13.9 Å². The van der Waals surface area contributed by atoms with Crippen LogP contribution in [0.25, 0.3) is 0 Å². The van der Waals surface area contributed by atoms with Gasteiger partial charge in [-0.3, -0.25) is 9.59 Å². The molecule has 0 fully saturated rings. The number of hydrogen-bond donors (Lipinski definition) is 2. The van der Waals surface area contributed by atoms with Crippen molar-refractivity contribution in [3.05, 3.63) is 62.6 Å². The summed E-state index contributed by atoms with van der Waals surface area (Å²) >= 11 is 0. The summed E-state index contributed by atoms with van der Waals surface area (Å²) in [6.07, 6.45) is 1.00. The van der Waals surface area contributed by atoms with Crippen molar-refractivity contribution in [3.63, 3.8) is 0 Å². The highest BCUT2D eigenvalue weighted by atomic mass is 19.2. The summed E-state index contributed by atoms with van der Waals surface area (Å²) in [4.78, 5) is 24.1. The summed E-state index contributed by atoms with van der Waals surface area (Å²) in [6, 6.07) is 3.49. The molecule has 1 atom stereocenters. The van der Waals surface area contributed by atoms with Crippen LogP contribution >= 0.6 is 0 Å². The smallest absolute Gasteiger partial charge is 0.277 e. The molecule has 5 nitrogen and oxygen atoms in total. The van der Waals surface area contributed by atoms with Gasteiger partial charge in [-0.1, -0.05) is 6.07 Å². The Labute approximate surface area is 138 Å². The number of benzene rings is 1. The molecule has 1 aromatic heterocycles. The first-order chi connectivity index (χ1) is 11.3. The highest BCUT2D eigenvalue weighted by Crippen LogP contribution is 2.12. The molecule has 0 aliphatic rings. The lowest BCUT2D eigenvalue weighted by molar-refractivity contribution is 0.0936. The third-order valence-corrected chi connectivity index (χ3v) is 3.92. The van der Waals surface area contributed by atoms with Gasteiger partial charge in [-0.15, -0.1) is 0 Å². The van der Waals surface area contributed by atoms with Crippen molar-refractivity contribution in [1.29, 1.82) is 0 Å². The van der Waals surface area contributed by atoms with Gasteiger partial charge >= 0.3 is 0 Å². The van der Waals surface area contributed by atoms with Gasteiger partial charge in [-0.05, 0) is 56.9 Å². The highest BCUT2D eigenvalue weighted by Gasteiger charge is 2.18. The predicted molar refractivity (Wildman–Crippen MR) is 85.9 cm³/mol. The Morgan fingerprint density at radius 2 is 2.00 bits per heavy atom. The second kappa shape index (κ2) is 7.33. The third kappa shape index (κ3) is 4.04. The molecule has 1 amide bonds. The number of carbonyl (C=O) groups excluding carboxylic acids is 1. The van der Waals surface area contributed by atoms with Gasteiger partial charge < -0.3 is 5.32 Å². The Balaban J connectivity index is 2.01. The fraction of sp³-hybridized carbons (Fsp3) is 0.353. The molecule has 24 heavy (non-hydrogen) atoms. The summed E-state index contributed by atoms with van der Waals surface area (Å²) < 4.78 is 26.1. The topological polar surface area (TPSA) is 74.8 Å². The molecule has 0 spiro atoms. The molecule has 128 valence electrons. The number of hydrogen-bond acceptors (Lipinski definition) is 3. The Morgan fingerprint density at radius 1 is 1.29 bits per heavy atom. The van der Waals surface area contributed by atoms with E-state index in [9.17, 15) is 18.4 Å². The molecular weight excluding hydrogens is 316 g/mol. The third-order valence-electron chi connectivity index (χ3n) is 3.92. The van der Waals surface area contributed by atoms with E-state index in [4.69, 9.17) is 0 Å². The molecule has 0 aliphatic carbocycles. The molecule has 1 aromatic carbocycles. The number of aromatic amines is 1. The zero-order chi connectivity index (χ0) is 17.9. The van der Waals surface area contributed by atoms with E-state index in [1.54, 1.807) is 20.8 Å². The second-order valence-corrected chi connectivity index (χ2v) is 5.80. The molecule has 0 bridgehead atoms. The minimum Gasteiger partial charge on any atom is -0.349 e. The van der Waals surface area contributed by atoms with Crippen molar-refractivity contribution >= 4 is 5.91 Å². The number of aromatic nitrogens is 2. The average Bonchev–Trinajstić information content (AvgIpc) is 2.52. The van der Waals surface area contributed by atoms with E-state index in [-0.39, 0.29) is 11.6 Å². The number of nitrogens with zero attached hydrogens (tertiary/aromatic N) is 1. The van der Waals surface area contributed by atoms with Crippen molar-refractivity contribution in [1.82, 2.24) is 15.5 Å². The van der Waals surface area contributed by atoms with E-state index in [0.29, 0.717) is 29.7 Å². The number of rotatable bonds is 5. The van der Waals surface area contributed by atoms with Gasteiger partial charge in [0, 0.05) is 6.04 Å². The summed E-state index contributed by atoms with van der Waals surface area (Å²) in [7, 11) is 0. The molecule has 2 rings (SSSR count). The minimum atomic E-state index is -0.890. The molecular formula is C17H19F2N3O2. The van der Waals surface area contributed by atoms with Crippen molar-refractivity contribution in [2.45, 2.75) is 39.7 Å². The summed E-state index contributed by atoms with van der Waals surface area (Å²) in [5.74, 6) is -2.25. The van der Waals surface area contributed by atoms with Crippen LogP contribution in [-0.2, 0) is 6.42 Å². The SMILES string of the molecule is Cc1n[nH]c(=O)c(C(=O)N[C@H](C)CCc2ccc(F)c(F)c2)c1C. The van der Waals surface area contributed by atoms with Gasteiger partial charge in [0.1, 0.15) is 5.56 Å². The van der Waals surface area contributed by atoms with E-state index < -0.39 is 23.1 Å². The first kappa shape index (κ1) is 17.8. The van der Waals surface area contributed by atoms with E-state index in [2.05, 4.69) is 15.5 Å². The Morgan fingerprint density at radius 3 is 2.67 bits per heavy atom. The van der Waals surface area contributed by atoms with Crippen LogP contribution in [0.15, 0.2) is 23.0 Å². The Bertz CT molecular complexity index is 818. The highest BCUT2D eigenvalue weighted by molar-refractivity contribution is 5.95. The second-order valence-electron chi connectivity index (χ2n) is 5.80. The molecule has 0 saturated heterocycles. The van der Waals surface area contributed by atoms with Crippen LogP contribution in [0.1, 0.15) is 40.5 Å². The monoisotopic (exact) mass is 335 g/mol. The fourth-order valence-electron chi connectivity index (χ4n) is 2.35. The van der Waals surface area contributed by atoms with E-state index >= 15 is 0 Å². The van der Waals surface area contributed by atoms with E-state index in [1.165, 1.54) is 6.07 Å². The lowest BCUT2D eigenvalue weighted by Gasteiger charge is -2.15. The van der Waals surface area contributed by atoms with Gasteiger partial charge in [0.15, 0.2) is 11.6 Å². The molecule has 0 saturated carbocycles. The number of carbonyl (C=O) groups is 1. The zero-order valence-corrected chi connectivity index (χ0v) is 13.7. The average molecular weight is 335 g/mol. The van der Waals surface area contributed by atoms with Crippen LogP contribution in [0.3, 0.4) is 0 Å². The summed E-state index contributed by atoms with van der Waals surface area (Å²) in [6.45, 7) is 5.16. The predicted octanol–water partition coefficient (Wildman–Crippen LogP) is 2.42. The van der Waals surface area contributed by atoms with E-state index in [1.807, 2.05) is 0 Å². The van der Waals surface area contributed by atoms with Crippen LogP contribution in [0.2, 0.25) is 0 Å². The van der Waals surface area contributed by atoms with Crippen molar-refractivity contribution in [2.24, 2.45) is 0 Å². The Hall–Kier alpha value is -2.57. The normalized spacial score (nSPS) is 12.0. The van der Waals surface area contributed by atoms with Crippen molar-refractivity contribution in [3.8, 4) is 0 Å². The number of aryl methyl sites for hydroxylation is 2. The standard InChI is InChI=1S/C17H19F2N3O2/c1-9(4-5-12-6-7-13(18)14(19)8-12)20-16(23)15-10(2)11(3)21-22-17(15)24/h6-9H,4-5H2,1-3H3,(H,20,23)(H,22,24)/t9-/m1/s1. The first-order valence-corrected chi connectivity index (χ1v) is 7.60. The largest absolute Gasteiger partial charge is 0.349 e. The van der Waals surface area contributed by atoms with Crippen molar-refractivity contribution < 1.29 is 13.6 Å². The molecule has 0 radical (unpaired) electrons. The van der Waals surface area contributed by atoms with E-state index in [0.717, 1.165) is 12.1 Å². The van der Waals surface area contributed by atoms with Gasteiger partial charge in [0.25, 0.3) is 11.5 Å². The van der Waals surface area contributed by atoms with Crippen LogP contribution in [0, 0.1) is 25.5 Å². The van der Waals surface area contributed by atoms with Crippen molar-refractivity contribution in [2.75, 3.05) is 0 Å².